The Morgan fingerprint density at radius 1 is 1.15 bits per heavy atom. The zero-order valence-corrected chi connectivity index (χ0v) is 20.2. The summed E-state index contributed by atoms with van der Waals surface area (Å²) in [6.07, 6.45) is 4.04. The minimum absolute atomic E-state index is 0.132. The average molecular weight is 479 g/mol. The number of allylic oxidation sites excluding steroid dienone is 2. The first-order chi connectivity index (χ1) is 15.9. The number of ether oxygens (including phenoxy) is 2. The second kappa shape index (κ2) is 10.7. The number of hydrogen-bond acceptors (Lipinski definition) is 6. The minimum atomic E-state index is -0.626. The molecular formula is C24H32F2N4O2S. The van der Waals surface area contributed by atoms with Gasteiger partial charge in [-0.1, -0.05) is 12.2 Å². The maximum Gasteiger partial charge on any atom is 0.129 e. The molecule has 1 aromatic heterocycles. The fourth-order valence-electron chi connectivity index (χ4n) is 4.28. The molecule has 180 valence electrons. The Bertz CT molecular complexity index is 991. The van der Waals surface area contributed by atoms with Gasteiger partial charge in [-0.3, -0.25) is 4.90 Å². The maximum absolute atomic E-state index is 14.1. The predicted molar refractivity (Wildman–Crippen MR) is 126 cm³/mol. The molecule has 9 heteroatoms. The van der Waals surface area contributed by atoms with E-state index < -0.39 is 23.8 Å². The van der Waals surface area contributed by atoms with Crippen LogP contribution in [0.25, 0.3) is 0 Å². The fourth-order valence-corrected chi connectivity index (χ4v) is 5.29. The van der Waals surface area contributed by atoms with E-state index in [1.807, 2.05) is 30.1 Å². The number of halogens is 2. The normalized spacial score (nSPS) is 25.6. The van der Waals surface area contributed by atoms with Gasteiger partial charge < -0.3 is 15.2 Å². The van der Waals surface area contributed by atoms with Gasteiger partial charge in [0.15, 0.2) is 0 Å². The van der Waals surface area contributed by atoms with Gasteiger partial charge in [-0.2, -0.15) is 5.10 Å². The molecule has 2 unspecified atom stereocenters. The van der Waals surface area contributed by atoms with E-state index in [0.29, 0.717) is 18.3 Å². The highest BCUT2D eigenvalue weighted by atomic mass is 32.2. The van der Waals surface area contributed by atoms with Crippen LogP contribution in [0.15, 0.2) is 30.4 Å². The summed E-state index contributed by atoms with van der Waals surface area (Å²) >= 11 is 1.73. The zero-order valence-electron chi connectivity index (χ0n) is 19.3. The SMILES string of the molecule is C/C=C\C.Cc1c2c(nn1SC1COC1)CN(C1CO[C@H](c3cc(F)ccc3F)C(N)C1)C2. The fraction of sp³-hybridized carbons (Fsp3) is 0.542. The summed E-state index contributed by atoms with van der Waals surface area (Å²) in [7, 11) is 0. The van der Waals surface area contributed by atoms with Crippen LogP contribution in [-0.4, -0.2) is 51.2 Å². The topological polar surface area (TPSA) is 65.5 Å². The van der Waals surface area contributed by atoms with Crippen LogP contribution in [0.5, 0.6) is 0 Å². The largest absolute Gasteiger partial charge is 0.379 e. The van der Waals surface area contributed by atoms with Crippen molar-refractivity contribution in [3.8, 4) is 0 Å². The number of fused-ring (bicyclic) bond motifs is 1. The molecule has 33 heavy (non-hydrogen) atoms. The van der Waals surface area contributed by atoms with E-state index in [9.17, 15) is 8.78 Å². The second-order valence-electron chi connectivity index (χ2n) is 8.69. The Kier molecular flexibility index (Phi) is 7.86. The predicted octanol–water partition coefficient (Wildman–Crippen LogP) is 4.12. The Balaban J connectivity index is 0.000000601. The summed E-state index contributed by atoms with van der Waals surface area (Å²) in [6.45, 7) is 9.67. The third kappa shape index (κ3) is 5.33. The Morgan fingerprint density at radius 2 is 1.91 bits per heavy atom. The van der Waals surface area contributed by atoms with Crippen molar-refractivity contribution in [1.29, 1.82) is 0 Å². The van der Waals surface area contributed by atoms with Crippen LogP contribution in [0.1, 0.15) is 48.9 Å². The highest BCUT2D eigenvalue weighted by Crippen LogP contribution is 2.36. The van der Waals surface area contributed by atoms with Crippen molar-refractivity contribution in [2.24, 2.45) is 5.73 Å². The van der Waals surface area contributed by atoms with Gasteiger partial charge in [0.1, 0.15) is 17.7 Å². The van der Waals surface area contributed by atoms with E-state index in [2.05, 4.69) is 11.8 Å². The molecule has 4 heterocycles. The Morgan fingerprint density at radius 3 is 2.52 bits per heavy atom. The maximum atomic E-state index is 14.1. The van der Waals surface area contributed by atoms with Gasteiger partial charge in [-0.05, 0) is 57.3 Å². The lowest BCUT2D eigenvalue weighted by molar-refractivity contribution is -0.0533. The van der Waals surface area contributed by atoms with E-state index in [-0.39, 0.29) is 11.6 Å². The molecule has 3 aliphatic heterocycles. The first-order valence-corrected chi connectivity index (χ1v) is 12.2. The van der Waals surface area contributed by atoms with Crippen molar-refractivity contribution in [3.63, 3.8) is 0 Å². The van der Waals surface area contributed by atoms with Gasteiger partial charge in [0, 0.05) is 36.3 Å². The van der Waals surface area contributed by atoms with Crippen LogP contribution in [-0.2, 0) is 22.6 Å². The average Bonchev–Trinajstić information content (AvgIpc) is 3.32. The van der Waals surface area contributed by atoms with Crippen molar-refractivity contribution >= 4 is 11.9 Å². The van der Waals surface area contributed by atoms with Gasteiger partial charge >= 0.3 is 0 Å². The minimum Gasteiger partial charge on any atom is -0.379 e. The van der Waals surface area contributed by atoms with Crippen LogP contribution in [0.2, 0.25) is 0 Å². The molecule has 3 aliphatic rings. The first kappa shape index (κ1) is 24.3. The van der Waals surface area contributed by atoms with E-state index >= 15 is 0 Å². The Hall–Kier alpha value is -1.78. The van der Waals surface area contributed by atoms with Crippen molar-refractivity contribution in [1.82, 2.24) is 14.1 Å². The summed E-state index contributed by atoms with van der Waals surface area (Å²) < 4.78 is 40.9. The third-order valence-electron chi connectivity index (χ3n) is 6.37. The lowest BCUT2D eigenvalue weighted by atomic mass is 9.93. The lowest BCUT2D eigenvalue weighted by Crippen LogP contribution is -2.47. The number of aromatic nitrogens is 2. The van der Waals surface area contributed by atoms with Crippen LogP contribution in [0.3, 0.4) is 0 Å². The molecule has 0 saturated carbocycles. The molecule has 5 rings (SSSR count). The molecule has 0 amide bonds. The first-order valence-electron chi connectivity index (χ1n) is 11.4. The molecule has 3 atom stereocenters. The number of hydrogen-bond donors (Lipinski definition) is 1. The van der Waals surface area contributed by atoms with Gasteiger partial charge in [-0.15, -0.1) is 0 Å². The number of rotatable bonds is 4. The quantitative estimate of drug-likeness (QED) is 0.667. The van der Waals surface area contributed by atoms with Gasteiger partial charge in [0.05, 0.1) is 36.5 Å². The van der Waals surface area contributed by atoms with Gasteiger partial charge in [0.2, 0.25) is 0 Å². The standard InChI is InChI=1S/C20H24F2N4O2S.C4H8/c1-11-16-6-25(7-19(16)24-26(11)29-14-9-27-10-14)13-5-18(23)20(28-8-13)15-4-12(21)2-3-17(15)22;1-3-4-2/h2-4,13-14,18,20H,5-10,23H2,1H3;3-4H,1-2H3/b;4-3-/t13?,18?,20-;/m1./s1. The van der Waals surface area contributed by atoms with E-state index in [0.717, 1.165) is 44.1 Å². The van der Waals surface area contributed by atoms with Crippen molar-refractivity contribution in [2.45, 2.75) is 63.7 Å². The molecule has 1 aromatic carbocycles. The van der Waals surface area contributed by atoms with Gasteiger partial charge in [0.25, 0.3) is 0 Å². The highest BCUT2D eigenvalue weighted by molar-refractivity contribution is 7.98. The molecule has 0 aliphatic carbocycles. The molecule has 2 fully saturated rings. The van der Waals surface area contributed by atoms with Crippen molar-refractivity contribution in [2.75, 3.05) is 19.8 Å². The number of nitrogens with zero attached hydrogens (tertiary/aromatic N) is 3. The molecule has 2 N–H and O–H groups in total. The van der Waals surface area contributed by atoms with Crippen LogP contribution in [0, 0.1) is 18.6 Å². The summed E-state index contributed by atoms with van der Waals surface area (Å²) in [5.74, 6) is -0.964. The lowest BCUT2D eigenvalue weighted by Gasteiger charge is -2.38. The van der Waals surface area contributed by atoms with Crippen LogP contribution in [0.4, 0.5) is 8.78 Å². The molecule has 6 nitrogen and oxygen atoms in total. The van der Waals surface area contributed by atoms with E-state index in [4.69, 9.17) is 20.3 Å². The highest BCUT2D eigenvalue weighted by Gasteiger charge is 2.38. The van der Waals surface area contributed by atoms with Crippen molar-refractivity contribution in [3.05, 3.63) is 64.5 Å². The summed E-state index contributed by atoms with van der Waals surface area (Å²) in [5.41, 5.74) is 10.1. The smallest absolute Gasteiger partial charge is 0.129 e. The van der Waals surface area contributed by atoms with E-state index in [1.165, 1.54) is 17.3 Å². The molecule has 2 saturated heterocycles. The molecule has 2 aromatic rings. The molecular weight excluding hydrogens is 446 g/mol. The summed E-state index contributed by atoms with van der Waals surface area (Å²) in [4.78, 5) is 2.32. The number of benzene rings is 1. The molecule has 0 bridgehead atoms. The summed E-state index contributed by atoms with van der Waals surface area (Å²) in [6, 6.07) is 3.15. The number of nitrogens with two attached hydrogens (primary N) is 1. The van der Waals surface area contributed by atoms with Crippen LogP contribution >= 0.6 is 11.9 Å². The Labute approximate surface area is 198 Å². The summed E-state index contributed by atoms with van der Waals surface area (Å²) in [5, 5.41) is 5.26. The monoisotopic (exact) mass is 478 g/mol. The molecule has 0 spiro atoms. The third-order valence-corrected chi connectivity index (χ3v) is 7.50. The van der Waals surface area contributed by atoms with Crippen LogP contribution < -0.4 is 5.73 Å². The van der Waals surface area contributed by atoms with Gasteiger partial charge in [-0.25, -0.2) is 12.9 Å². The van der Waals surface area contributed by atoms with E-state index in [1.54, 1.807) is 11.9 Å². The zero-order chi connectivity index (χ0) is 23.5. The van der Waals surface area contributed by atoms with Crippen molar-refractivity contribution < 1.29 is 18.3 Å². The second-order valence-corrected chi connectivity index (χ2v) is 9.92. The molecule has 0 radical (unpaired) electrons.